The maximum Gasteiger partial charge on any atom is 0.0953 e. The summed E-state index contributed by atoms with van der Waals surface area (Å²) in [6, 6.07) is 0. The van der Waals surface area contributed by atoms with Crippen LogP contribution in [0.3, 0.4) is 0 Å². The molecule has 1 aromatic rings. The summed E-state index contributed by atoms with van der Waals surface area (Å²) in [5.41, 5.74) is 5.78. The molecule has 80 valence electrons. The quantitative estimate of drug-likeness (QED) is 0.833. The second kappa shape index (κ2) is 4.41. The Labute approximate surface area is 90.6 Å². The smallest absolute Gasteiger partial charge is 0.0953 e. The van der Waals surface area contributed by atoms with E-state index in [4.69, 9.17) is 5.73 Å². The minimum atomic E-state index is 0.180. The van der Waals surface area contributed by atoms with Crippen molar-refractivity contribution in [1.29, 1.82) is 0 Å². The standard InChI is InChI=1S/C11H20N2S/c1-8(2)10-13-7-9(14-10)11(3,4)5-6-12/h7-8H,5-6,12H2,1-4H3. The largest absolute Gasteiger partial charge is 0.330 e. The van der Waals surface area contributed by atoms with Crippen LogP contribution in [0, 0.1) is 0 Å². The highest BCUT2D eigenvalue weighted by Crippen LogP contribution is 2.33. The normalized spacial score (nSPS) is 12.4. The lowest BCUT2D eigenvalue weighted by atomic mass is 9.88. The van der Waals surface area contributed by atoms with Crippen LogP contribution in [0.1, 0.15) is 49.9 Å². The third-order valence-electron chi connectivity index (χ3n) is 2.45. The van der Waals surface area contributed by atoms with Gasteiger partial charge in [-0.15, -0.1) is 11.3 Å². The molecule has 0 unspecified atom stereocenters. The van der Waals surface area contributed by atoms with Crippen molar-refractivity contribution >= 4 is 11.3 Å². The van der Waals surface area contributed by atoms with Gasteiger partial charge in [0.05, 0.1) is 5.01 Å². The van der Waals surface area contributed by atoms with Crippen LogP contribution < -0.4 is 5.73 Å². The second-order valence-corrected chi connectivity index (χ2v) is 5.70. The molecule has 0 bridgehead atoms. The predicted octanol–water partition coefficient (Wildman–Crippen LogP) is 2.89. The number of hydrogen-bond donors (Lipinski definition) is 1. The van der Waals surface area contributed by atoms with Crippen LogP contribution in [0.4, 0.5) is 0 Å². The molecule has 14 heavy (non-hydrogen) atoms. The van der Waals surface area contributed by atoms with Gasteiger partial charge >= 0.3 is 0 Å². The molecule has 0 aromatic carbocycles. The van der Waals surface area contributed by atoms with Crippen molar-refractivity contribution in [3.63, 3.8) is 0 Å². The Morgan fingerprint density at radius 1 is 1.50 bits per heavy atom. The SMILES string of the molecule is CC(C)c1ncc(C(C)(C)CCN)s1. The van der Waals surface area contributed by atoms with Crippen molar-refractivity contribution in [3.8, 4) is 0 Å². The monoisotopic (exact) mass is 212 g/mol. The van der Waals surface area contributed by atoms with Crippen molar-refractivity contribution < 1.29 is 0 Å². The number of nitrogens with two attached hydrogens (primary N) is 1. The zero-order valence-corrected chi connectivity index (χ0v) is 10.3. The second-order valence-electron chi connectivity index (χ2n) is 4.64. The number of thiazole rings is 1. The van der Waals surface area contributed by atoms with Crippen LogP contribution in [-0.2, 0) is 5.41 Å². The van der Waals surface area contributed by atoms with E-state index in [-0.39, 0.29) is 5.41 Å². The zero-order valence-electron chi connectivity index (χ0n) is 9.50. The van der Waals surface area contributed by atoms with E-state index in [1.807, 2.05) is 17.5 Å². The first-order valence-electron chi connectivity index (χ1n) is 5.13. The number of hydrogen-bond acceptors (Lipinski definition) is 3. The van der Waals surface area contributed by atoms with Crippen molar-refractivity contribution in [3.05, 3.63) is 16.1 Å². The molecule has 0 aliphatic carbocycles. The summed E-state index contributed by atoms with van der Waals surface area (Å²) in [6.45, 7) is 9.56. The van der Waals surface area contributed by atoms with Gasteiger partial charge in [-0.2, -0.15) is 0 Å². The van der Waals surface area contributed by atoms with E-state index in [0.717, 1.165) is 13.0 Å². The van der Waals surface area contributed by atoms with Crippen LogP contribution in [0.5, 0.6) is 0 Å². The predicted molar refractivity (Wildman–Crippen MR) is 62.9 cm³/mol. The lowest BCUT2D eigenvalue weighted by Gasteiger charge is -2.21. The van der Waals surface area contributed by atoms with Gasteiger partial charge in [0.25, 0.3) is 0 Å². The Kier molecular flexibility index (Phi) is 3.67. The fraction of sp³-hybridized carbons (Fsp3) is 0.727. The van der Waals surface area contributed by atoms with Gasteiger partial charge in [-0.25, -0.2) is 4.98 Å². The van der Waals surface area contributed by atoms with Crippen molar-refractivity contribution in [2.75, 3.05) is 6.54 Å². The Bertz CT molecular complexity index is 289. The average molecular weight is 212 g/mol. The van der Waals surface area contributed by atoms with Gasteiger partial charge in [-0.05, 0) is 13.0 Å². The van der Waals surface area contributed by atoms with Crippen molar-refractivity contribution in [2.24, 2.45) is 5.73 Å². The maximum absolute atomic E-state index is 5.60. The van der Waals surface area contributed by atoms with E-state index in [2.05, 4.69) is 32.7 Å². The molecule has 0 radical (unpaired) electrons. The van der Waals surface area contributed by atoms with E-state index >= 15 is 0 Å². The molecule has 0 aliphatic rings. The Morgan fingerprint density at radius 2 is 2.14 bits per heavy atom. The number of aromatic nitrogens is 1. The molecule has 0 aliphatic heterocycles. The summed E-state index contributed by atoms with van der Waals surface area (Å²) in [6.07, 6.45) is 3.03. The van der Waals surface area contributed by atoms with Crippen molar-refractivity contribution in [2.45, 2.75) is 45.4 Å². The van der Waals surface area contributed by atoms with Crippen LogP contribution in [0.15, 0.2) is 6.20 Å². The molecule has 0 spiro atoms. The zero-order chi connectivity index (χ0) is 10.8. The molecule has 1 heterocycles. The Morgan fingerprint density at radius 3 is 2.57 bits per heavy atom. The highest BCUT2D eigenvalue weighted by Gasteiger charge is 2.22. The number of nitrogens with zero attached hydrogens (tertiary/aromatic N) is 1. The van der Waals surface area contributed by atoms with E-state index in [1.54, 1.807) is 0 Å². The van der Waals surface area contributed by atoms with Gasteiger partial charge in [0, 0.05) is 22.4 Å². The minimum Gasteiger partial charge on any atom is -0.330 e. The first-order chi connectivity index (χ1) is 6.47. The first-order valence-corrected chi connectivity index (χ1v) is 5.95. The molecular weight excluding hydrogens is 192 g/mol. The van der Waals surface area contributed by atoms with Crippen LogP contribution >= 0.6 is 11.3 Å². The first kappa shape index (κ1) is 11.7. The summed E-state index contributed by atoms with van der Waals surface area (Å²) in [4.78, 5) is 5.80. The third kappa shape index (κ3) is 2.55. The topological polar surface area (TPSA) is 38.9 Å². The van der Waals surface area contributed by atoms with Gasteiger partial charge in [0.2, 0.25) is 0 Å². The molecule has 0 saturated heterocycles. The molecular formula is C11H20N2S. The summed E-state index contributed by atoms with van der Waals surface area (Å²) in [7, 11) is 0. The van der Waals surface area contributed by atoms with Crippen LogP contribution in [0.25, 0.3) is 0 Å². The molecule has 2 N–H and O–H groups in total. The highest BCUT2D eigenvalue weighted by molar-refractivity contribution is 7.11. The van der Waals surface area contributed by atoms with Crippen molar-refractivity contribution in [1.82, 2.24) is 4.98 Å². The molecule has 0 saturated carbocycles. The van der Waals surface area contributed by atoms with E-state index in [1.165, 1.54) is 9.88 Å². The van der Waals surface area contributed by atoms with E-state index in [0.29, 0.717) is 5.92 Å². The Hall–Kier alpha value is -0.410. The molecule has 0 atom stereocenters. The molecule has 0 amide bonds. The summed E-state index contributed by atoms with van der Waals surface area (Å²) in [5, 5.41) is 1.23. The van der Waals surface area contributed by atoms with Gasteiger partial charge in [0.1, 0.15) is 0 Å². The van der Waals surface area contributed by atoms with Gasteiger partial charge in [0.15, 0.2) is 0 Å². The van der Waals surface area contributed by atoms with Crippen LogP contribution in [-0.4, -0.2) is 11.5 Å². The lowest BCUT2D eigenvalue weighted by molar-refractivity contribution is 0.496. The number of rotatable bonds is 4. The lowest BCUT2D eigenvalue weighted by Crippen LogP contribution is -2.20. The summed E-state index contributed by atoms with van der Waals surface area (Å²) in [5.74, 6) is 0.530. The highest BCUT2D eigenvalue weighted by atomic mass is 32.1. The maximum atomic E-state index is 5.60. The fourth-order valence-corrected chi connectivity index (χ4v) is 2.40. The molecule has 0 fully saturated rings. The average Bonchev–Trinajstić information content (AvgIpc) is 2.51. The summed E-state index contributed by atoms with van der Waals surface area (Å²) >= 11 is 1.82. The fourth-order valence-electron chi connectivity index (χ4n) is 1.35. The molecule has 2 nitrogen and oxygen atoms in total. The van der Waals surface area contributed by atoms with Gasteiger partial charge in [-0.1, -0.05) is 27.7 Å². The minimum absolute atomic E-state index is 0.180. The third-order valence-corrected chi connectivity index (χ3v) is 4.12. The van der Waals surface area contributed by atoms with Gasteiger partial charge in [-0.3, -0.25) is 0 Å². The van der Waals surface area contributed by atoms with Gasteiger partial charge < -0.3 is 5.73 Å². The van der Waals surface area contributed by atoms with Crippen LogP contribution in [0.2, 0.25) is 0 Å². The Balaban J connectivity index is 2.85. The van der Waals surface area contributed by atoms with E-state index < -0.39 is 0 Å². The molecule has 3 heteroatoms. The van der Waals surface area contributed by atoms with E-state index in [9.17, 15) is 0 Å². The molecule has 1 rings (SSSR count). The molecule has 1 aromatic heterocycles. The summed E-state index contributed by atoms with van der Waals surface area (Å²) < 4.78 is 0.